The zero-order valence-electron chi connectivity index (χ0n) is 45.5. The van der Waals surface area contributed by atoms with Crippen LogP contribution >= 0.6 is 15.9 Å². The molecular weight excluding hydrogens is 1080 g/mol. The number of halogens is 1. The summed E-state index contributed by atoms with van der Waals surface area (Å²) in [6.45, 7) is 0. The normalized spacial score (nSPS) is 11.1. The second kappa shape index (κ2) is 23.6. The number of anilines is 5. The third-order valence-electron chi connectivity index (χ3n) is 15.9. The van der Waals surface area contributed by atoms with Gasteiger partial charge in [0.25, 0.3) is 0 Å². The van der Waals surface area contributed by atoms with Gasteiger partial charge in [-0.05, 0) is 164 Å². The van der Waals surface area contributed by atoms with Crippen LogP contribution in [0, 0.1) is 0 Å². The van der Waals surface area contributed by atoms with Crippen LogP contribution < -0.4 is 10.2 Å². The van der Waals surface area contributed by atoms with Crippen molar-refractivity contribution in [2.24, 2.45) is 0 Å². The van der Waals surface area contributed by atoms with E-state index in [1.807, 2.05) is 18.2 Å². The summed E-state index contributed by atoms with van der Waals surface area (Å²) in [5.41, 5.74) is 10.5. The van der Waals surface area contributed by atoms with Gasteiger partial charge in [-0.1, -0.05) is 290 Å². The van der Waals surface area contributed by atoms with Crippen molar-refractivity contribution < 1.29 is 5.71 Å². The van der Waals surface area contributed by atoms with Gasteiger partial charge in [-0.25, -0.2) is 0 Å². The Labute approximate surface area is 505 Å². The first-order valence-corrected chi connectivity index (χ1v) is 29.0. The molecular formula is C81H67BrN2. The van der Waals surface area contributed by atoms with E-state index in [0.29, 0.717) is 0 Å². The average molecular weight is 1150 g/mol. The molecule has 16 rings (SSSR count). The Kier molecular flexibility index (Phi) is 14.9. The summed E-state index contributed by atoms with van der Waals surface area (Å²) in [5, 5.41) is 23.9. The molecule has 2 nitrogen and oxygen atoms in total. The van der Waals surface area contributed by atoms with Crippen LogP contribution in [0.15, 0.2) is 332 Å². The van der Waals surface area contributed by atoms with Gasteiger partial charge in [-0.3, -0.25) is 0 Å². The van der Waals surface area contributed by atoms with E-state index in [1.54, 1.807) is 0 Å². The van der Waals surface area contributed by atoms with Crippen LogP contribution in [0.5, 0.6) is 0 Å². The van der Waals surface area contributed by atoms with Crippen molar-refractivity contribution in [2.45, 2.75) is 7.43 Å². The van der Waals surface area contributed by atoms with Gasteiger partial charge in [0.1, 0.15) is 0 Å². The quantitative estimate of drug-likeness (QED) is 0.160. The molecule has 0 fully saturated rings. The maximum atomic E-state index is 3.58. The lowest BCUT2D eigenvalue weighted by Crippen LogP contribution is -2.11. The highest BCUT2D eigenvalue weighted by atomic mass is 79.9. The summed E-state index contributed by atoms with van der Waals surface area (Å²) in [7, 11) is 0. The van der Waals surface area contributed by atoms with Crippen molar-refractivity contribution in [3.05, 3.63) is 332 Å². The fourth-order valence-corrected chi connectivity index (χ4v) is 12.4. The Morgan fingerprint density at radius 1 is 0.250 bits per heavy atom. The molecule has 0 saturated heterocycles. The molecule has 0 aliphatic carbocycles. The van der Waals surface area contributed by atoms with E-state index in [4.69, 9.17) is 0 Å². The van der Waals surface area contributed by atoms with Crippen LogP contribution in [-0.2, 0) is 0 Å². The summed E-state index contributed by atoms with van der Waals surface area (Å²) < 4.78 is 1.14. The summed E-state index contributed by atoms with van der Waals surface area (Å²) in [4.78, 5) is 2.41. The number of rotatable bonds is 7. The lowest BCUT2D eigenvalue weighted by molar-refractivity contribution is 1.29. The molecule has 0 radical (unpaired) electrons. The Bertz CT molecular complexity index is 4820. The zero-order chi connectivity index (χ0) is 55.5. The first kappa shape index (κ1) is 53.0. The predicted molar refractivity (Wildman–Crippen MR) is 378 cm³/mol. The minimum Gasteiger partial charge on any atom is -0.355 e. The minimum absolute atomic E-state index is 0. The van der Waals surface area contributed by atoms with Crippen molar-refractivity contribution in [1.29, 1.82) is 0 Å². The van der Waals surface area contributed by atoms with Gasteiger partial charge in [0, 0.05) is 38.5 Å². The van der Waals surface area contributed by atoms with Crippen molar-refractivity contribution >= 4 is 131 Å². The van der Waals surface area contributed by atoms with Crippen molar-refractivity contribution in [3.8, 4) is 22.3 Å². The first-order chi connectivity index (χ1) is 41.1. The number of hydrogen-bond donors (Lipinski definition) is 1. The fourth-order valence-electron chi connectivity index (χ4n) is 11.9. The SMILES string of the molecule is Brc1ccccc1-c1ccccc1.C.[HH].[HH].[HH].[HH].c1ccc(-c2ccccc2N(c2ccc3c(ccc4ccccc43)c2)c2ccc3c(ccc4ccccc43)c2)cc1.c1ccc2c(c1)ccc1cc(Nc3ccc4c(ccc5ccccc54)c3)ccc12. The van der Waals surface area contributed by atoms with Crippen LogP contribution in [-0.4, -0.2) is 0 Å². The minimum atomic E-state index is 0. The second-order valence-corrected chi connectivity index (χ2v) is 21.9. The second-order valence-electron chi connectivity index (χ2n) is 21.0. The monoisotopic (exact) mass is 1150 g/mol. The standard InChI is InChI=1S/C40H27N.C28H19N.C12H9Br.CH4.4H2/c1-2-10-28(11-3-1)39-16-8-9-17-40(39)41(33-22-24-37-31(26-33)20-18-29-12-4-6-14-35(29)37)34-23-25-38-32(27-34)21-19-30-13-5-7-15-36(30)38;1-3-7-25-19(5-1)9-11-21-17-23(13-15-27(21)25)29-24-14-16-28-22(18-24)12-10-20-6-2-4-8-26(20)28;13-12-9-5-4-8-11(12)10-6-2-1-3-7-10;;;;;/h1-27H;1-18,29H;1-9H;1H4;4*1H. The molecule has 16 aromatic rings. The number of nitrogens with zero attached hydrogens (tertiary/aromatic N) is 1. The third kappa shape index (κ3) is 10.6. The average Bonchev–Trinajstić information content (AvgIpc) is 1.27. The molecule has 408 valence electrons. The molecule has 0 heterocycles. The summed E-state index contributed by atoms with van der Waals surface area (Å²) in [6, 6.07) is 117. The van der Waals surface area contributed by atoms with Gasteiger partial charge in [0.05, 0.1) is 5.69 Å². The molecule has 0 amide bonds. The fraction of sp³-hybridized carbons (Fsp3) is 0.0123. The largest absolute Gasteiger partial charge is 0.355 e. The van der Waals surface area contributed by atoms with E-state index in [0.717, 1.165) is 32.9 Å². The van der Waals surface area contributed by atoms with Gasteiger partial charge >= 0.3 is 0 Å². The molecule has 16 aromatic carbocycles. The van der Waals surface area contributed by atoms with E-state index >= 15 is 0 Å². The van der Waals surface area contributed by atoms with Gasteiger partial charge < -0.3 is 10.2 Å². The molecule has 0 spiro atoms. The van der Waals surface area contributed by atoms with Gasteiger partial charge in [-0.2, -0.15) is 0 Å². The molecule has 84 heavy (non-hydrogen) atoms. The number of benzene rings is 16. The lowest BCUT2D eigenvalue weighted by Gasteiger charge is -2.28. The van der Waals surface area contributed by atoms with Crippen LogP contribution in [0.2, 0.25) is 0 Å². The molecule has 0 atom stereocenters. The molecule has 0 aromatic heterocycles. The smallest absolute Gasteiger partial charge is 0.0540 e. The van der Waals surface area contributed by atoms with E-state index in [-0.39, 0.29) is 13.1 Å². The molecule has 0 unspecified atom stereocenters. The molecule has 3 heteroatoms. The number of nitrogens with one attached hydrogen (secondary N) is 1. The highest BCUT2D eigenvalue weighted by molar-refractivity contribution is 9.10. The van der Waals surface area contributed by atoms with Gasteiger partial charge in [-0.15, -0.1) is 0 Å². The molecule has 0 saturated carbocycles. The predicted octanol–water partition coefficient (Wildman–Crippen LogP) is 25.2. The van der Waals surface area contributed by atoms with Crippen LogP contribution in [0.4, 0.5) is 28.4 Å². The topological polar surface area (TPSA) is 15.3 Å². The molecule has 1 N–H and O–H groups in total. The van der Waals surface area contributed by atoms with Gasteiger partial charge in [0.15, 0.2) is 0 Å². The van der Waals surface area contributed by atoms with E-state index in [9.17, 15) is 0 Å². The maximum absolute atomic E-state index is 3.58. The summed E-state index contributed by atoms with van der Waals surface area (Å²) in [5.74, 6) is 0. The van der Waals surface area contributed by atoms with Gasteiger partial charge in [0.2, 0.25) is 0 Å². The molecule has 0 aliphatic rings. The number of hydrogen-bond acceptors (Lipinski definition) is 2. The van der Waals surface area contributed by atoms with Crippen molar-refractivity contribution in [2.75, 3.05) is 10.2 Å². The van der Waals surface area contributed by atoms with E-state index in [1.165, 1.54) is 108 Å². The highest BCUT2D eigenvalue weighted by Gasteiger charge is 2.19. The maximum Gasteiger partial charge on any atom is 0.0540 e. The summed E-state index contributed by atoms with van der Waals surface area (Å²) >= 11 is 3.53. The van der Waals surface area contributed by atoms with E-state index in [2.05, 4.69) is 336 Å². The first-order valence-electron chi connectivity index (χ1n) is 28.2. The van der Waals surface area contributed by atoms with Crippen molar-refractivity contribution in [1.82, 2.24) is 0 Å². The Balaban J connectivity index is 0.000000171. The highest BCUT2D eigenvalue weighted by Crippen LogP contribution is 2.44. The number of para-hydroxylation sites is 1. The third-order valence-corrected chi connectivity index (χ3v) is 16.6. The zero-order valence-corrected chi connectivity index (χ0v) is 47.1. The Hall–Kier alpha value is -10.3. The van der Waals surface area contributed by atoms with E-state index < -0.39 is 0 Å². The summed E-state index contributed by atoms with van der Waals surface area (Å²) in [6.07, 6.45) is 0. The van der Waals surface area contributed by atoms with Crippen LogP contribution in [0.3, 0.4) is 0 Å². The van der Waals surface area contributed by atoms with Crippen molar-refractivity contribution in [3.63, 3.8) is 0 Å². The number of fused-ring (bicyclic) bond motifs is 12. The Morgan fingerprint density at radius 2 is 0.560 bits per heavy atom. The lowest BCUT2D eigenvalue weighted by atomic mass is 9.98. The Morgan fingerprint density at radius 3 is 0.988 bits per heavy atom. The molecule has 0 bridgehead atoms. The van der Waals surface area contributed by atoms with Crippen LogP contribution in [0.1, 0.15) is 13.1 Å². The molecule has 0 aliphatic heterocycles. The van der Waals surface area contributed by atoms with Crippen LogP contribution in [0.25, 0.3) is 108 Å².